The highest BCUT2D eigenvalue weighted by atomic mass is 32.2. The fourth-order valence-electron chi connectivity index (χ4n) is 4.19. The van der Waals surface area contributed by atoms with E-state index in [0.717, 1.165) is 23.8 Å². The second kappa shape index (κ2) is 11.3. The summed E-state index contributed by atoms with van der Waals surface area (Å²) in [4.78, 5) is 12.7. The molecule has 8 nitrogen and oxygen atoms in total. The molecule has 1 fully saturated rings. The lowest BCUT2D eigenvalue weighted by Crippen LogP contribution is -2.30. The molecule has 1 aromatic heterocycles. The molecule has 0 unspecified atom stereocenters. The van der Waals surface area contributed by atoms with Crippen molar-refractivity contribution in [2.45, 2.75) is 68.5 Å². The van der Waals surface area contributed by atoms with E-state index in [0.29, 0.717) is 31.2 Å². The minimum atomic E-state index is -3.52. The van der Waals surface area contributed by atoms with Crippen LogP contribution in [0.3, 0.4) is 0 Å². The van der Waals surface area contributed by atoms with Crippen LogP contribution in [-0.2, 0) is 16.4 Å². The van der Waals surface area contributed by atoms with Crippen LogP contribution >= 0.6 is 11.8 Å². The largest absolute Gasteiger partial charge is 0.352 e. The Balaban J connectivity index is 1.54. The minimum Gasteiger partial charge on any atom is -0.352 e. The number of nitrogens with zero attached hydrogens (tertiary/aromatic N) is 4. The van der Waals surface area contributed by atoms with Crippen molar-refractivity contribution in [3.8, 4) is 0 Å². The lowest BCUT2D eigenvalue weighted by atomic mass is 10.2. The number of rotatable bonds is 11. The topological polar surface area (TPSA) is 97.2 Å². The average molecular weight is 480 g/mol. The first kappa shape index (κ1) is 24.7. The predicted molar refractivity (Wildman–Crippen MR) is 127 cm³/mol. The summed E-state index contributed by atoms with van der Waals surface area (Å²) < 4.78 is 28.8. The van der Waals surface area contributed by atoms with Crippen LogP contribution in [0, 0.1) is 0 Å². The standard InChI is InChI=1S/C22H33N5O3S2/c1-4-26(5-2)32(29,30)19-14-12-17(13-15-19)21(28)23-16-8-11-20-24-25-22(31-3)27(20)18-9-6-7-10-18/h12-15,18H,4-11,16H2,1-3H3,(H,23,28). The Morgan fingerprint density at radius 1 is 1.16 bits per heavy atom. The van der Waals surface area contributed by atoms with Gasteiger partial charge < -0.3 is 9.88 Å². The molecule has 1 aliphatic rings. The number of hydrogen-bond donors (Lipinski definition) is 1. The third-order valence-electron chi connectivity index (χ3n) is 5.93. The summed E-state index contributed by atoms with van der Waals surface area (Å²) in [5, 5.41) is 12.6. The van der Waals surface area contributed by atoms with Crippen molar-refractivity contribution in [1.82, 2.24) is 24.4 Å². The zero-order valence-corrected chi connectivity index (χ0v) is 20.7. The number of benzene rings is 1. The lowest BCUT2D eigenvalue weighted by Gasteiger charge is -2.18. The number of amides is 1. The molecular weight excluding hydrogens is 446 g/mol. The second-order valence-electron chi connectivity index (χ2n) is 7.88. The number of nitrogens with one attached hydrogen (secondary N) is 1. The van der Waals surface area contributed by atoms with Crippen LogP contribution in [0.1, 0.15) is 68.2 Å². The first-order valence-corrected chi connectivity index (χ1v) is 13.9. The van der Waals surface area contributed by atoms with Crippen molar-refractivity contribution in [1.29, 1.82) is 0 Å². The molecule has 0 bridgehead atoms. The zero-order valence-electron chi connectivity index (χ0n) is 19.1. The average Bonchev–Trinajstić information content (AvgIpc) is 3.46. The Hall–Kier alpha value is -1.91. The Kier molecular flexibility index (Phi) is 8.72. The number of aryl methyl sites for hydroxylation is 1. The van der Waals surface area contributed by atoms with Crippen LogP contribution in [0.4, 0.5) is 0 Å². The summed E-state index contributed by atoms with van der Waals surface area (Å²) >= 11 is 1.63. The molecule has 0 atom stereocenters. The van der Waals surface area contributed by atoms with E-state index in [1.165, 1.54) is 42.1 Å². The smallest absolute Gasteiger partial charge is 0.251 e. The summed E-state index contributed by atoms with van der Waals surface area (Å²) in [7, 11) is -3.52. The molecular formula is C22H33N5O3S2. The molecule has 2 aromatic rings. The molecule has 0 radical (unpaired) electrons. The van der Waals surface area contributed by atoms with Gasteiger partial charge in [-0.25, -0.2) is 8.42 Å². The summed E-state index contributed by atoms with van der Waals surface area (Å²) in [6, 6.07) is 6.61. The highest BCUT2D eigenvalue weighted by Gasteiger charge is 2.24. The zero-order chi connectivity index (χ0) is 23.1. The fourth-order valence-corrected chi connectivity index (χ4v) is 6.22. The molecule has 32 heavy (non-hydrogen) atoms. The van der Waals surface area contributed by atoms with Crippen molar-refractivity contribution in [2.75, 3.05) is 25.9 Å². The van der Waals surface area contributed by atoms with Gasteiger partial charge in [0.15, 0.2) is 5.16 Å². The number of thioether (sulfide) groups is 1. The Labute approximate surface area is 195 Å². The monoisotopic (exact) mass is 479 g/mol. The summed E-state index contributed by atoms with van der Waals surface area (Å²) in [6.07, 6.45) is 8.40. The van der Waals surface area contributed by atoms with Crippen LogP contribution in [0.15, 0.2) is 34.3 Å². The first-order valence-electron chi connectivity index (χ1n) is 11.3. The van der Waals surface area contributed by atoms with Gasteiger partial charge in [-0.05, 0) is 49.8 Å². The van der Waals surface area contributed by atoms with Crippen LogP contribution in [-0.4, -0.2) is 59.3 Å². The SMILES string of the molecule is CCN(CC)S(=O)(=O)c1ccc(C(=O)NCCCc2nnc(SC)n2C2CCCC2)cc1. The number of hydrogen-bond acceptors (Lipinski definition) is 6. The van der Waals surface area contributed by atoms with Crippen molar-refractivity contribution in [3.63, 3.8) is 0 Å². The van der Waals surface area contributed by atoms with Crippen molar-refractivity contribution in [3.05, 3.63) is 35.7 Å². The number of carbonyl (C=O) groups is 1. The number of carbonyl (C=O) groups excluding carboxylic acids is 1. The van der Waals surface area contributed by atoms with Crippen LogP contribution in [0.2, 0.25) is 0 Å². The molecule has 1 aromatic carbocycles. The van der Waals surface area contributed by atoms with E-state index in [1.807, 2.05) is 6.26 Å². The van der Waals surface area contributed by atoms with Gasteiger partial charge in [-0.2, -0.15) is 4.31 Å². The van der Waals surface area contributed by atoms with Crippen molar-refractivity contribution in [2.24, 2.45) is 0 Å². The maximum atomic E-state index is 12.6. The van der Waals surface area contributed by atoms with Crippen LogP contribution in [0.25, 0.3) is 0 Å². The highest BCUT2D eigenvalue weighted by Crippen LogP contribution is 2.33. The van der Waals surface area contributed by atoms with Gasteiger partial charge in [-0.15, -0.1) is 10.2 Å². The first-order chi connectivity index (χ1) is 15.4. The van der Waals surface area contributed by atoms with Gasteiger partial charge in [0.05, 0.1) is 4.90 Å². The molecule has 1 N–H and O–H groups in total. The molecule has 0 saturated heterocycles. The van der Waals surface area contributed by atoms with Gasteiger partial charge >= 0.3 is 0 Å². The van der Waals surface area contributed by atoms with Gasteiger partial charge in [0.2, 0.25) is 10.0 Å². The van der Waals surface area contributed by atoms with Crippen LogP contribution < -0.4 is 5.32 Å². The molecule has 3 rings (SSSR count). The van der Waals surface area contributed by atoms with E-state index in [4.69, 9.17) is 0 Å². The number of sulfonamides is 1. The highest BCUT2D eigenvalue weighted by molar-refractivity contribution is 7.98. The predicted octanol–water partition coefficient (Wildman–Crippen LogP) is 3.51. The van der Waals surface area contributed by atoms with Crippen LogP contribution in [0.5, 0.6) is 0 Å². The van der Waals surface area contributed by atoms with Gasteiger partial charge in [-0.1, -0.05) is 38.5 Å². The molecule has 1 saturated carbocycles. The molecule has 10 heteroatoms. The molecule has 1 amide bonds. The van der Waals surface area contributed by atoms with Crippen molar-refractivity contribution >= 4 is 27.7 Å². The maximum absolute atomic E-state index is 12.6. The third-order valence-corrected chi connectivity index (χ3v) is 8.64. The third kappa shape index (κ3) is 5.52. The Morgan fingerprint density at radius 3 is 2.41 bits per heavy atom. The normalized spacial score (nSPS) is 14.9. The van der Waals surface area contributed by atoms with E-state index >= 15 is 0 Å². The van der Waals surface area contributed by atoms with E-state index in [2.05, 4.69) is 20.1 Å². The van der Waals surface area contributed by atoms with E-state index in [-0.39, 0.29) is 10.8 Å². The molecule has 0 spiro atoms. The molecule has 1 heterocycles. The van der Waals surface area contributed by atoms with Crippen molar-refractivity contribution < 1.29 is 13.2 Å². The molecule has 176 valence electrons. The second-order valence-corrected chi connectivity index (χ2v) is 10.6. The van der Waals surface area contributed by atoms with Gasteiger partial charge in [0, 0.05) is 37.7 Å². The summed E-state index contributed by atoms with van der Waals surface area (Å²) in [5.74, 6) is 0.778. The van der Waals surface area contributed by atoms with E-state index < -0.39 is 10.0 Å². The Morgan fingerprint density at radius 2 is 1.81 bits per heavy atom. The molecule has 0 aliphatic heterocycles. The maximum Gasteiger partial charge on any atom is 0.251 e. The van der Waals surface area contributed by atoms with E-state index in [9.17, 15) is 13.2 Å². The minimum absolute atomic E-state index is 0.202. The quantitative estimate of drug-likeness (QED) is 0.391. The van der Waals surface area contributed by atoms with Gasteiger partial charge in [0.1, 0.15) is 5.82 Å². The fraction of sp³-hybridized carbons (Fsp3) is 0.591. The van der Waals surface area contributed by atoms with Gasteiger partial charge in [-0.3, -0.25) is 4.79 Å². The summed E-state index contributed by atoms with van der Waals surface area (Å²) in [5.41, 5.74) is 0.447. The lowest BCUT2D eigenvalue weighted by molar-refractivity contribution is 0.0953. The number of aromatic nitrogens is 3. The summed E-state index contributed by atoms with van der Waals surface area (Å²) in [6.45, 7) is 4.95. The Bertz CT molecular complexity index is 995. The van der Waals surface area contributed by atoms with Gasteiger partial charge in [0.25, 0.3) is 5.91 Å². The van der Waals surface area contributed by atoms with E-state index in [1.54, 1.807) is 37.7 Å². The molecule has 1 aliphatic carbocycles.